The molecule has 2 N–H and O–H groups in total. The molecule has 1 aliphatic rings. The van der Waals surface area contributed by atoms with Crippen molar-refractivity contribution >= 4 is 0 Å². The van der Waals surface area contributed by atoms with E-state index in [0.717, 1.165) is 19.3 Å². The molecule has 0 bridgehead atoms. The summed E-state index contributed by atoms with van der Waals surface area (Å²) in [6.07, 6.45) is 2.89. The Morgan fingerprint density at radius 2 is 2.21 bits per heavy atom. The standard InChI is InChI=1S/C11H23NO2/c1-8(13)5-6-10-12-11(3,4)7-9(2)14-10/h8-10,12-13H,5-7H2,1-4H3. The summed E-state index contributed by atoms with van der Waals surface area (Å²) >= 11 is 0. The van der Waals surface area contributed by atoms with Crippen LogP contribution in [0.3, 0.4) is 0 Å². The smallest absolute Gasteiger partial charge is 0.108 e. The fourth-order valence-electron chi connectivity index (χ4n) is 2.11. The molecule has 0 aromatic rings. The highest BCUT2D eigenvalue weighted by molar-refractivity contribution is 4.86. The van der Waals surface area contributed by atoms with E-state index in [4.69, 9.17) is 4.74 Å². The topological polar surface area (TPSA) is 41.5 Å². The molecule has 0 aliphatic carbocycles. The molecule has 0 amide bonds. The van der Waals surface area contributed by atoms with Crippen LogP contribution in [0.25, 0.3) is 0 Å². The highest BCUT2D eigenvalue weighted by Gasteiger charge is 2.31. The molecule has 0 aromatic carbocycles. The van der Waals surface area contributed by atoms with Gasteiger partial charge in [-0.3, -0.25) is 5.32 Å². The highest BCUT2D eigenvalue weighted by Crippen LogP contribution is 2.23. The van der Waals surface area contributed by atoms with Gasteiger partial charge in [0.15, 0.2) is 0 Å². The number of aliphatic hydroxyl groups is 1. The van der Waals surface area contributed by atoms with Crippen molar-refractivity contribution in [3.63, 3.8) is 0 Å². The van der Waals surface area contributed by atoms with Crippen molar-refractivity contribution in [3.8, 4) is 0 Å². The fraction of sp³-hybridized carbons (Fsp3) is 1.00. The Bertz CT molecular complexity index is 180. The Kier molecular flexibility index (Phi) is 3.93. The van der Waals surface area contributed by atoms with E-state index in [-0.39, 0.29) is 17.9 Å². The van der Waals surface area contributed by atoms with Crippen molar-refractivity contribution < 1.29 is 9.84 Å². The first kappa shape index (κ1) is 12.0. The normalized spacial score (nSPS) is 34.1. The molecule has 14 heavy (non-hydrogen) atoms. The summed E-state index contributed by atoms with van der Waals surface area (Å²) in [5, 5.41) is 12.6. The Hall–Kier alpha value is -0.120. The number of aliphatic hydroxyl groups excluding tert-OH is 1. The first-order valence-electron chi connectivity index (χ1n) is 5.50. The van der Waals surface area contributed by atoms with Gasteiger partial charge in [-0.25, -0.2) is 0 Å². The summed E-state index contributed by atoms with van der Waals surface area (Å²) in [6, 6.07) is 0. The van der Waals surface area contributed by atoms with Gasteiger partial charge in [0, 0.05) is 5.54 Å². The van der Waals surface area contributed by atoms with Crippen molar-refractivity contribution in [3.05, 3.63) is 0 Å². The first-order valence-corrected chi connectivity index (χ1v) is 5.50. The van der Waals surface area contributed by atoms with E-state index < -0.39 is 0 Å². The summed E-state index contributed by atoms with van der Waals surface area (Å²) in [6.45, 7) is 8.32. The zero-order chi connectivity index (χ0) is 10.8. The largest absolute Gasteiger partial charge is 0.393 e. The van der Waals surface area contributed by atoms with Crippen molar-refractivity contribution in [1.29, 1.82) is 0 Å². The van der Waals surface area contributed by atoms with Crippen molar-refractivity contribution in [1.82, 2.24) is 5.32 Å². The number of nitrogens with one attached hydrogen (secondary N) is 1. The molecule has 3 nitrogen and oxygen atoms in total. The first-order chi connectivity index (χ1) is 6.39. The predicted octanol–water partition coefficient (Wildman–Crippen LogP) is 1.65. The lowest BCUT2D eigenvalue weighted by molar-refractivity contribution is -0.0933. The van der Waals surface area contributed by atoms with Crippen LogP contribution >= 0.6 is 0 Å². The van der Waals surface area contributed by atoms with Gasteiger partial charge in [0.25, 0.3) is 0 Å². The maximum atomic E-state index is 9.20. The van der Waals surface area contributed by atoms with Gasteiger partial charge >= 0.3 is 0 Å². The van der Waals surface area contributed by atoms with E-state index >= 15 is 0 Å². The van der Waals surface area contributed by atoms with Crippen LogP contribution in [-0.2, 0) is 4.74 Å². The zero-order valence-electron chi connectivity index (χ0n) is 9.71. The molecule has 3 heteroatoms. The molecular weight excluding hydrogens is 178 g/mol. The lowest BCUT2D eigenvalue weighted by Crippen LogP contribution is -2.54. The van der Waals surface area contributed by atoms with Gasteiger partial charge in [-0.1, -0.05) is 0 Å². The average Bonchev–Trinajstić information content (AvgIpc) is 1.96. The Labute approximate surface area is 86.8 Å². The third kappa shape index (κ3) is 3.95. The second kappa shape index (κ2) is 4.60. The summed E-state index contributed by atoms with van der Waals surface area (Å²) in [5.74, 6) is 0. The van der Waals surface area contributed by atoms with Crippen molar-refractivity contribution in [2.75, 3.05) is 0 Å². The van der Waals surface area contributed by atoms with Gasteiger partial charge in [0.1, 0.15) is 6.23 Å². The molecule has 1 heterocycles. The van der Waals surface area contributed by atoms with E-state index in [1.54, 1.807) is 0 Å². The number of hydrogen-bond acceptors (Lipinski definition) is 3. The number of hydrogen-bond donors (Lipinski definition) is 2. The molecule has 84 valence electrons. The average molecular weight is 201 g/mol. The molecule has 1 fully saturated rings. The number of rotatable bonds is 3. The van der Waals surface area contributed by atoms with Crippen LogP contribution in [0.4, 0.5) is 0 Å². The van der Waals surface area contributed by atoms with Crippen LogP contribution in [0, 0.1) is 0 Å². The maximum absolute atomic E-state index is 9.20. The van der Waals surface area contributed by atoms with Gasteiger partial charge in [0.05, 0.1) is 12.2 Å². The van der Waals surface area contributed by atoms with E-state index in [2.05, 4.69) is 26.1 Å². The quantitative estimate of drug-likeness (QED) is 0.729. The van der Waals surface area contributed by atoms with Gasteiger partial charge < -0.3 is 9.84 Å². The fourth-order valence-corrected chi connectivity index (χ4v) is 2.11. The van der Waals surface area contributed by atoms with E-state index in [1.165, 1.54) is 0 Å². The van der Waals surface area contributed by atoms with Crippen LogP contribution in [0.5, 0.6) is 0 Å². The third-order valence-corrected chi connectivity index (χ3v) is 2.59. The molecular formula is C11H23NO2. The Morgan fingerprint density at radius 1 is 1.57 bits per heavy atom. The molecule has 0 spiro atoms. The second-order valence-electron chi connectivity index (χ2n) is 5.09. The lowest BCUT2D eigenvalue weighted by Gasteiger charge is -2.40. The molecule has 0 saturated carbocycles. The van der Waals surface area contributed by atoms with Gasteiger partial charge in [0.2, 0.25) is 0 Å². The monoisotopic (exact) mass is 201 g/mol. The Balaban J connectivity index is 2.38. The van der Waals surface area contributed by atoms with Crippen LogP contribution in [0.1, 0.15) is 47.0 Å². The van der Waals surface area contributed by atoms with Gasteiger partial charge in [-0.05, 0) is 47.0 Å². The van der Waals surface area contributed by atoms with E-state index in [9.17, 15) is 5.11 Å². The predicted molar refractivity (Wildman–Crippen MR) is 57.1 cm³/mol. The minimum Gasteiger partial charge on any atom is -0.393 e. The molecule has 1 rings (SSSR count). The second-order valence-corrected chi connectivity index (χ2v) is 5.09. The van der Waals surface area contributed by atoms with E-state index in [0.29, 0.717) is 6.10 Å². The van der Waals surface area contributed by atoms with Gasteiger partial charge in [-0.2, -0.15) is 0 Å². The summed E-state index contributed by atoms with van der Waals surface area (Å²) < 4.78 is 5.75. The summed E-state index contributed by atoms with van der Waals surface area (Å²) in [4.78, 5) is 0. The molecule has 1 aliphatic heterocycles. The molecule has 3 unspecified atom stereocenters. The van der Waals surface area contributed by atoms with Crippen LogP contribution < -0.4 is 5.32 Å². The third-order valence-electron chi connectivity index (χ3n) is 2.59. The summed E-state index contributed by atoms with van der Waals surface area (Å²) in [5.41, 5.74) is 0.154. The summed E-state index contributed by atoms with van der Waals surface area (Å²) in [7, 11) is 0. The zero-order valence-corrected chi connectivity index (χ0v) is 9.71. The van der Waals surface area contributed by atoms with Crippen LogP contribution in [0.2, 0.25) is 0 Å². The van der Waals surface area contributed by atoms with Crippen molar-refractivity contribution in [2.24, 2.45) is 0 Å². The number of ether oxygens (including phenoxy) is 1. The molecule has 0 radical (unpaired) electrons. The molecule has 3 atom stereocenters. The minimum absolute atomic E-state index is 0.100. The molecule has 0 aromatic heterocycles. The molecule has 1 saturated heterocycles. The van der Waals surface area contributed by atoms with Gasteiger partial charge in [-0.15, -0.1) is 0 Å². The lowest BCUT2D eigenvalue weighted by atomic mass is 9.94. The van der Waals surface area contributed by atoms with Crippen molar-refractivity contribution in [2.45, 2.75) is 70.9 Å². The minimum atomic E-state index is -0.235. The van der Waals surface area contributed by atoms with E-state index in [1.807, 2.05) is 6.92 Å². The SMILES string of the molecule is CC(O)CCC1NC(C)(C)CC(C)O1. The highest BCUT2D eigenvalue weighted by atomic mass is 16.5. The van der Waals surface area contributed by atoms with Crippen LogP contribution in [0.15, 0.2) is 0 Å². The maximum Gasteiger partial charge on any atom is 0.108 e. The Morgan fingerprint density at radius 3 is 2.71 bits per heavy atom. The van der Waals surface area contributed by atoms with Crippen LogP contribution in [-0.4, -0.2) is 29.1 Å².